The lowest BCUT2D eigenvalue weighted by molar-refractivity contribution is 0.318. The Hall–Kier alpha value is -1.75. The minimum absolute atomic E-state index is 0.278. The van der Waals surface area contributed by atoms with Crippen LogP contribution in [0.1, 0.15) is 6.42 Å². The van der Waals surface area contributed by atoms with Crippen LogP contribution in [-0.4, -0.2) is 12.4 Å². The summed E-state index contributed by atoms with van der Waals surface area (Å²) in [6, 6.07) is 10.3. The fraction of sp³-hybridized carbons (Fsp3) is 0.200. The van der Waals surface area contributed by atoms with Crippen LogP contribution < -0.4 is 10.5 Å². The Bertz CT molecular complexity index is 560. The zero-order valence-electron chi connectivity index (χ0n) is 10.8. The van der Waals surface area contributed by atoms with E-state index >= 15 is 0 Å². The van der Waals surface area contributed by atoms with Crippen molar-refractivity contribution >= 4 is 17.4 Å². The minimum Gasteiger partial charge on any atom is -0.494 e. The van der Waals surface area contributed by atoms with E-state index in [1.807, 2.05) is 0 Å². The van der Waals surface area contributed by atoms with Crippen LogP contribution in [0.3, 0.4) is 0 Å². The quantitative estimate of drug-likeness (QED) is 0.495. The molecule has 2 N–H and O–H groups in total. The van der Waals surface area contributed by atoms with Gasteiger partial charge in [-0.05, 0) is 48.9 Å². The van der Waals surface area contributed by atoms with Crippen LogP contribution in [0.25, 0.3) is 0 Å². The molecule has 106 valence electrons. The third-order valence-corrected chi connectivity index (χ3v) is 3.78. The summed E-state index contributed by atoms with van der Waals surface area (Å²) < 4.78 is 31.0. The molecule has 2 nitrogen and oxygen atoms in total. The van der Waals surface area contributed by atoms with E-state index < -0.39 is 0 Å². The summed E-state index contributed by atoms with van der Waals surface area (Å²) in [4.78, 5) is 0.869. The minimum atomic E-state index is -0.327. The molecule has 0 saturated carbocycles. The monoisotopic (exact) mass is 295 g/mol. The molecule has 2 aromatic carbocycles. The van der Waals surface area contributed by atoms with E-state index in [-0.39, 0.29) is 11.6 Å². The van der Waals surface area contributed by atoms with E-state index in [0.717, 1.165) is 17.1 Å². The predicted octanol–water partition coefficient (Wildman–Crippen LogP) is 4.11. The first kappa shape index (κ1) is 14.7. The standard InChI is InChI=1S/C15H15F2NOS/c16-11-2-5-13(6-3-11)19-8-1-9-20-15-7-4-12(17)10-14(15)18/h2-7,10H,1,8-9,18H2. The maximum atomic E-state index is 12.9. The van der Waals surface area contributed by atoms with Crippen molar-refractivity contribution < 1.29 is 13.5 Å². The number of thioether (sulfide) groups is 1. The van der Waals surface area contributed by atoms with Crippen molar-refractivity contribution in [2.45, 2.75) is 11.3 Å². The van der Waals surface area contributed by atoms with Gasteiger partial charge in [-0.1, -0.05) is 0 Å². The van der Waals surface area contributed by atoms with Gasteiger partial charge in [0, 0.05) is 16.3 Å². The van der Waals surface area contributed by atoms with Crippen molar-refractivity contribution in [3.63, 3.8) is 0 Å². The highest BCUT2D eigenvalue weighted by Gasteiger charge is 2.01. The van der Waals surface area contributed by atoms with Gasteiger partial charge in [0.2, 0.25) is 0 Å². The Balaban J connectivity index is 1.70. The molecule has 0 radical (unpaired) electrons. The van der Waals surface area contributed by atoms with E-state index in [1.165, 1.54) is 24.3 Å². The summed E-state index contributed by atoms with van der Waals surface area (Å²) in [6.45, 7) is 0.541. The summed E-state index contributed by atoms with van der Waals surface area (Å²) in [5.74, 6) is 0.862. The second-order valence-electron chi connectivity index (χ2n) is 4.19. The normalized spacial score (nSPS) is 10.5. The Labute approximate surface area is 120 Å². The lowest BCUT2D eigenvalue weighted by atomic mass is 10.3. The van der Waals surface area contributed by atoms with Crippen LogP contribution in [0.15, 0.2) is 47.4 Å². The number of rotatable bonds is 6. The Morgan fingerprint density at radius 1 is 1.00 bits per heavy atom. The zero-order valence-corrected chi connectivity index (χ0v) is 11.6. The number of anilines is 1. The molecule has 0 aliphatic rings. The number of hydrogen-bond acceptors (Lipinski definition) is 3. The number of nitrogen functional groups attached to an aromatic ring is 1. The fourth-order valence-electron chi connectivity index (χ4n) is 1.61. The van der Waals surface area contributed by atoms with E-state index in [9.17, 15) is 8.78 Å². The van der Waals surface area contributed by atoms with Gasteiger partial charge in [0.05, 0.1) is 6.61 Å². The van der Waals surface area contributed by atoms with Crippen molar-refractivity contribution in [3.05, 3.63) is 54.1 Å². The number of benzene rings is 2. The van der Waals surface area contributed by atoms with Gasteiger partial charge in [-0.15, -0.1) is 11.8 Å². The van der Waals surface area contributed by atoms with Gasteiger partial charge in [0.15, 0.2) is 0 Å². The molecule has 0 aromatic heterocycles. The molecule has 0 spiro atoms. The lowest BCUT2D eigenvalue weighted by Crippen LogP contribution is -1.99. The van der Waals surface area contributed by atoms with Gasteiger partial charge in [-0.2, -0.15) is 0 Å². The van der Waals surface area contributed by atoms with Crippen molar-refractivity contribution in [2.24, 2.45) is 0 Å². The van der Waals surface area contributed by atoms with Crippen molar-refractivity contribution in [1.82, 2.24) is 0 Å². The van der Waals surface area contributed by atoms with E-state index in [4.69, 9.17) is 10.5 Å². The topological polar surface area (TPSA) is 35.2 Å². The molecule has 0 fully saturated rings. The van der Waals surface area contributed by atoms with Gasteiger partial charge in [0.25, 0.3) is 0 Å². The molecule has 20 heavy (non-hydrogen) atoms. The molecule has 0 atom stereocenters. The highest BCUT2D eigenvalue weighted by atomic mass is 32.2. The van der Waals surface area contributed by atoms with Crippen molar-refractivity contribution in [1.29, 1.82) is 0 Å². The first-order valence-electron chi connectivity index (χ1n) is 6.21. The highest BCUT2D eigenvalue weighted by molar-refractivity contribution is 7.99. The number of nitrogens with two attached hydrogens (primary N) is 1. The lowest BCUT2D eigenvalue weighted by Gasteiger charge is -2.07. The summed E-state index contributed by atoms with van der Waals surface area (Å²) >= 11 is 1.56. The number of hydrogen-bond donors (Lipinski definition) is 1. The van der Waals surface area contributed by atoms with Gasteiger partial charge in [0.1, 0.15) is 17.4 Å². The molecule has 0 saturated heterocycles. The molecule has 0 unspecified atom stereocenters. The Kier molecular flexibility index (Phi) is 5.24. The second kappa shape index (κ2) is 7.14. The molecule has 2 aromatic rings. The molecule has 0 aliphatic carbocycles. The third-order valence-electron chi connectivity index (χ3n) is 2.60. The molecule has 0 amide bonds. The molecule has 2 rings (SSSR count). The SMILES string of the molecule is Nc1cc(F)ccc1SCCCOc1ccc(F)cc1. The molecule has 5 heteroatoms. The predicted molar refractivity (Wildman–Crippen MR) is 78.0 cm³/mol. The highest BCUT2D eigenvalue weighted by Crippen LogP contribution is 2.26. The molecule has 0 heterocycles. The Morgan fingerprint density at radius 3 is 2.40 bits per heavy atom. The number of halogens is 2. The maximum Gasteiger partial charge on any atom is 0.125 e. The van der Waals surface area contributed by atoms with E-state index in [0.29, 0.717) is 18.0 Å². The van der Waals surface area contributed by atoms with Crippen molar-refractivity contribution in [2.75, 3.05) is 18.1 Å². The largest absolute Gasteiger partial charge is 0.494 e. The zero-order chi connectivity index (χ0) is 14.4. The molecule has 0 aliphatic heterocycles. The first-order valence-corrected chi connectivity index (χ1v) is 7.20. The summed E-state index contributed by atoms with van der Waals surface area (Å²) in [5.41, 5.74) is 6.17. The van der Waals surface area contributed by atoms with Gasteiger partial charge in [-0.25, -0.2) is 8.78 Å². The summed E-state index contributed by atoms with van der Waals surface area (Å²) in [7, 11) is 0. The van der Waals surface area contributed by atoms with E-state index in [1.54, 1.807) is 30.0 Å². The van der Waals surface area contributed by atoms with E-state index in [2.05, 4.69) is 0 Å². The first-order chi connectivity index (χ1) is 9.65. The van der Waals surface area contributed by atoms with Crippen LogP contribution in [0, 0.1) is 11.6 Å². The van der Waals surface area contributed by atoms with Crippen LogP contribution in [-0.2, 0) is 0 Å². The molecular formula is C15H15F2NOS. The average molecular weight is 295 g/mol. The van der Waals surface area contributed by atoms with Crippen LogP contribution in [0.5, 0.6) is 5.75 Å². The second-order valence-corrected chi connectivity index (χ2v) is 5.32. The summed E-state index contributed by atoms with van der Waals surface area (Å²) in [5, 5.41) is 0. The van der Waals surface area contributed by atoms with Gasteiger partial charge < -0.3 is 10.5 Å². The summed E-state index contributed by atoms with van der Waals surface area (Å²) in [6.07, 6.45) is 0.818. The maximum absolute atomic E-state index is 12.9. The third kappa shape index (κ3) is 4.42. The van der Waals surface area contributed by atoms with Gasteiger partial charge in [-0.3, -0.25) is 0 Å². The molecular weight excluding hydrogens is 280 g/mol. The smallest absolute Gasteiger partial charge is 0.125 e. The Morgan fingerprint density at radius 2 is 1.70 bits per heavy atom. The van der Waals surface area contributed by atoms with Gasteiger partial charge >= 0.3 is 0 Å². The van der Waals surface area contributed by atoms with Crippen LogP contribution in [0.4, 0.5) is 14.5 Å². The van der Waals surface area contributed by atoms with Crippen LogP contribution >= 0.6 is 11.8 Å². The van der Waals surface area contributed by atoms with Crippen LogP contribution in [0.2, 0.25) is 0 Å². The molecule has 0 bridgehead atoms. The van der Waals surface area contributed by atoms with Crippen molar-refractivity contribution in [3.8, 4) is 5.75 Å². The fourth-order valence-corrected chi connectivity index (χ4v) is 2.48. The number of ether oxygens (including phenoxy) is 1. The average Bonchev–Trinajstić information content (AvgIpc) is 2.42.